The summed E-state index contributed by atoms with van der Waals surface area (Å²) in [7, 11) is 1.59. The Hall–Kier alpha value is -2.83. The summed E-state index contributed by atoms with van der Waals surface area (Å²) in [4.78, 5) is 28.2. The lowest BCUT2D eigenvalue weighted by Gasteiger charge is -2.17. The summed E-state index contributed by atoms with van der Waals surface area (Å²) in [5, 5.41) is 1.33. The first-order valence-electron chi connectivity index (χ1n) is 10.7. The molecule has 0 amide bonds. The zero-order chi connectivity index (χ0) is 23.3. The lowest BCUT2D eigenvalue weighted by molar-refractivity contribution is -0.144. The van der Waals surface area contributed by atoms with Crippen LogP contribution in [-0.4, -0.2) is 54.6 Å². The van der Waals surface area contributed by atoms with E-state index in [9.17, 15) is 9.59 Å². The standard InChI is InChI=1S/C25H29ClN2O4/c1-5-27(6-2)13-14-32-23(29)16-28-17(3)24(21-12-11-20(31-4)15-22(21)28)25(30)18-7-9-19(26)10-8-18/h7-12,15H,5-6,13-14,16H2,1-4H3. The first-order chi connectivity index (χ1) is 15.4. The van der Waals surface area contributed by atoms with Gasteiger partial charge in [-0.1, -0.05) is 25.4 Å². The van der Waals surface area contributed by atoms with Crippen molar-refractivity contribution in [2.75, 3.05) is 33.4 Å². The van der Waals surface area contributed by atoms with Gasteiger partial charge in [0.15, 0.2) is 5.78 Å². The first-order valence-corrected chi connectivity index (χ1v) is 11.1. The van der Waals surface area contributed by atoms with Crippen LogP contribution in [0.25, 0.3) is 10.9 Å². The van der Waals surface area contributed by atoms with E-state index in [2.05, 4.69) is 18.7 Å². The van der Waals surface area contributed by atoms with Crippen LogP contribution in [0.5, 0.6) is 5.75 Å². The van der Waals surface area contributed by atoms with Gasteiger partial charge in [0.2, 0.25) is 0 Å². The molecule has 0 unspecified atom stereocenters. The fourth-order valence-electron chi connectivity index (χ4n) is 3.82. The highest BCUT2D eigenvalue weighted by Crippen LogP contribution is 2.31. The summed E-state index contributed by atoms with van der Waals surface area (Å²) in [6, 6.07) is 12.3. The number of hydrogen-bond acceptors (Lipinski definition) is 5. The number of benzene rings is 2. The summed E-state index contributed by atoms with van der Waals surface area (Å²) in [6.07, 6.45) is 0. The third-order valence-corrected chi connectivity index (χ3v) is 5.97. The van der Waals surface area contributed by atoms with E-state index >= 15 is 0 Å². The molecule has 7 heteroatoms. The Bertz CT molecular complexity index is 1100. The summed E-state index contributed by atoms with van der Waals surface area (Å²) in [5.74, 6) is 0.185. The number of rotatable bonds is 10. The van der Waals surface area contributed by atoms with E-state index in [0.717, 1.165) is 24.0 Å². The van der Waals surface area contributed by atoms with Gasteiger partial charge in [0, 0.05) is 34.3 Å². The monoisotopic (exact) mass is 456 g/mol. The average molecular weight is 457 g/mol. The Kier molecular flexibility index (Phi) is 7.94. The highest BCUT2D eigenvalue weighted by atomic mass is 35.5. The molecule has 0 aliphatic heterocycles. The van der Waals surface area contributed by atoms with Gasteiger partial charge in [0.1, 0.15) is 18.9 Å². The number of methoxy groups -OCH3 is 1. The first kappa shape index (κ1) is 23.8. The summed E-state index contributed by atoms with van der Waals surface area (Å²) < 4.78 is 12.7. The zero-order valence-electron chi connectivity index (χ0n) is 19.0. The van der Waals surface area contributed by atoms with Gasteiger partial charge in [-0.25, -0.2) is 0 Å². The fourth-order valence-corrected chi connectivity index (χ4v) is 3.95. The number of ketones is 1. The van der Waals surface area contributed by atoms with Crippen LogP contribution >= 0.6 is 11.6 Å². The van der Waals surface area contributed by atoms with Crippen LogP contribution in [-0.2, 0) is 16.1 Å². The van der Waals surface area contributed by atoms with Crippen molar-refractivity contribution in [2.45, 2.75) is 27.3 Å². The van der Waals surface area contributed by atoms with Gasteiger partial charge in [0.05, 0.1) is 18.2 Å². The van der Waals surface area contributed by atoms with Crippen LogP contribution in [0.4, 0.5) is 0 Å². The summed E-state index contributed by atoms with van der Waals surface area (Å²) in [6.45, 7) is 8.86. The van der Waals surface area contributed by atoms with Crippen LogP contribution in [0.15, 0.2) is 42.5 Å². The lowest BCUT2D eigenvalue weighted by Crippen LogP contribution is -2.28. The van der Waals surface area contributed by atoms with E-state index in [1.165, 1.54) is 0 Å². The number of aromatic nitrogens is 1. The Morgan fingerprint density at radius 1 is 1.06 bits per heavy atom. The second-order valence-electron chi connectivity index (χ2n) is 7.51. The van der Waals surface area contributed by atoms with Crippen molar-refractivity contribution in [2.24, 2.45) is 0 Å². The fraction of sp³-hybridized carbons (Fsp3) is 0.360. The molecule has 0 saturated heterocycles. The number of carbonyl (C=O) groups is 2. The predicted octanol–water partition coefficient (Wildman–Crippen LogP) is 4.73. The van der Waals surface area contributed by atoms with Gasteiger partial charge >= 0.3 is 5.97 Å². The van der Waals surface area contributed by atoms with E-state index in [1.54, 1.807) is 31.4 Å². The molecule has 170 valence electrons. The Morgan fingerprint density at radius 3 is 2.38 bits per heavy atom. The molecule has 32 heavy (non-hydrogen) atoms. The molecule has 0 fully saturated rings. The second-order valence-corrected chi connectivity index (χ2v) is 7.95. The minimum atomic E-state index is -0.342. The lowest BCUT2D eigenvalue weighted by atomic mass is 10.0. The van der Waals surface area contributed by atoms with Crippen LogP contribution in [0.2, 0.25) is 5.02 Å². The van der Waals surface area contributed by atoms with Crippen molar-refractivity contribution in [3.05, 3.63) is 64.3 Å². The van der Waals surface area contributed by atoms with Crippen LogP contribution in [0, 0.1) is 6.92 Å². The average Bonchev–Trinajstić information content (AvgIpc) is 3.07. The minimum Gasteiger partial charge on any atom is -0.497 e. The zero-order valence-corrected chi connectivity index (χ0v) is 19.7. The highest BCUT2D eigenvalue weighted by molar-refractivity contribution is 6.30. The molecular weight excluding hydrogens is 428 g/mol. The minimum absolute atomic E-state index is 0.0155. The maximum Gasteiger partial charge on any atom is 0.326 e. The number of ether oxygens (including phenoxy) is 2. The SMILES string of the molecule is CCN(CC)CCOC(=O)Cn1c(C)c(C(=O)c2ccc(Cl)cc2)c2ccc(OC)cc21. The molecule has 0 N–H and O–H groups in total. The number of nitrogens with zero attached hydrogens (tertiary/aromatic N) is 2. The Balaban J connectivity index is 1.93. The molecule has 0 aliphatic rings. The van der Waals surface area contributed by atoms with Crippen LogP contribution in [0.1, 0.15) is 35.5 Å². The maximum absolute atomic E-state index is 13.3. The molecule has 6 nitrogen and oxygen atoms in total. The third kappa shape index (κ3) is 5.14. The molecule has 3 aromatic rings. The number of carbonyl (C=O) groups excluding carboxylic acids is 2. The van der Waals surface area contributed by atoms with Crippen molar-refractivity contribution >= 4 is 34.3 Å². The van der Waals surface area contributed by atoms with E-state index in [4.69, 9.17) is 21.1 Å². The molecule has 3 rings (SSSR count). The van der Waals surface area contributed by atoms with Gasteiger partial charge in [-0.2, -0.15) is 0 Å². The summed E-state index contributed by atoms with van der Waals surface area (Å²) in [5.41, 5.74) is 2.55. The molecule has 1 aromatic heterocycles. The molecule has 0 radical (unpaired) electrons. The molecule has 0 bridgehead atoms. The molecular formula is C25H29ClN2O4. The Labute approximate surface area is 193 Å². The van der Waals surface area contributed by atoms with Gasteiger partial charge in [-0.3, -0.25) is 9.59 Å². The van der Waals surface area contributed by atoms with E-state index < -0.39 is 0 Å². The molecule has 0 atom stereocenters. The number of fused-ring (bicyclic) bond motifs is 1. The molecule has 1 heterocycles. The molecule has 0 saturated carbocycles. The summed E-state index contributed by atoms with van der Waals surface area (Å²) >= 11 is 5.98. The quantitative estimate of drug-likeness (QED) is 0.326. The number of likely N-dealkylation sites (N-methyl/N-ethyl adjacent to an activating group) is 1. The van der Waals surface area contributed by atoms with Gasteiger partial charge < -0.3 is 18.9 Å². The van der Waals surface area contributed by atoms with Gasteiger partial charge in [0.25, 0.3) is 0 Å². The van der Waals surface area contributed by atoms with Crippen molar-refractivity contribution in [3.63, 3.8) is 0 Å². The second kappa shape index (κ2) is 10.7. The van der Waals surface area contributed by atoms with Crippen LogP contribution < -0.4 is 4.74 Å². The maximum atomic E-state index is 13.3. The number of hydrogen-bond donors (Lipinski definition) is 0. The highest BCUT2D eigenvalue weighted by Gasteiger charge is 2.23. The van der Waals surface area contributed by atoms with Crippen molar-refractivity contribution in [1.29, 1.82) is 0 Å². The van der Waals surface area contributed by atoms with Crippen LogP contribution in [0.3, 0.4) is 0 Å². The normalized spacial score (nSPS) is 11.2. The van der Waals surface area contributed by atoms with E-state index in [1.807, 2.05) is 29.7 Å². The number of halogens is 1. The molecule has 0 spiro atoms. The van der Waals surface area contributed by atoms with Crippen molar-refractivity contribution < 1.29 is 19.1 Å². The van der Waals surface area contributed by atoms with Gasteiger partial charge in [-0.05, 0) is 56.4 Å². The van der Waals surface area contributed by atoms with E-state index in [0.29, 0.717) is 40.7 Å². The van der Waals surface area contributed by atoms with Crippen molar-refractivity contribution in [1.82, 2.24) is 9.47 Å². The topological polar surface area (TPSA) is 60.8 Å². The van der Waals surface area contributed by atoms with Crippen molar-refractivity contribution in [3.8, 4) is 5.75 Å². The molecule has 2 aromatic carbocycles. The van der Waals surface area contributed by atoms with Gasteiger partial charge in [-0.15, -0.1) is 0 Å². The largest absolute Gasteiger partial charge is 0.497 e. The third-order valence-electron chi connectivity index (χ3n) is 5.72. The Morgan fingerprint density at radius 2 is 1.75 bits per heavy atom. The molecule has 0 aliphatic carbocycles. The number of esters is 1. The smallest absolute Gasteiger partial charge is 0.326 e. The predicted molar refractivity (Wildman–Crippen MR) is 127 cm³/mol. The van der Waals surface area contributed by atoms with E-state index in [-0.39, 0.29) is 18.3 Å².